The number of nitriles is 1. The zero-order valence-corrected chi connectivity index (χ0v) is 20.6. The van der Waals surface area contributed by atoms with Crippen LogP contribution >= 0.6 is 11.6 Å². The van der Waals surface area contributed by atoms with Crippen LogP contribution in [0.3, 0.4) is 0 Å². The Morgan fingerprint density at radius 1 is 0.946 bits per heavy atom. The van der Waals surface area contributed by atoms with E-state index >= 15 is 0 Å². The largest absolute Gasteiger partial charge is 0.457 e. The first kappa shape index (κ1) is 24.6. The molecule has 0 bridgehead atoms. The third-order valence-electron chi connectivity index (χ3n) is 6.28. The SMILES string of the molecule is N#Cc1ccc(Oc2ccc(CNc3c(Cl)ccc4c3CCNCC43OC(=O)CCC(=O)O3)cc2)cc1. The van der Waals surface area contributed by atoms with Crippen molar-refractivity contribution in [1.82, 2.24) is 5.32 Å². The minimum absolute atomic E-state index is 0.0144. The summed E-state index contributed by atoms with van der Waals surface area (Å²) < 4.78 is 17.3. The summed E-state index contributed by atoms with van der Waals surface area (Å²) in [7, 11) is 0. The molecule has 3 aromatic carbocycles. The van der Waals surface area contributed by atoms with Gasteiger partial charge in [0.2, 0.25) is 0 Å². The Hall–Kier alpha value is -4.06. The molecule has 1 fully saturated rings. The number of anilines is 1. The highest BCUT2D eigenvalue weighted by molar-refractivity contribution is 6.33. The number of rotatable bonds is 5. The molecule has 188 valence electrons. The Balaban J connectivity index is 1.35. The lowest BCUT2D eigenvalue weighted by atomic mass is 9.96. The summed E-state index contributed by atoms with van der Waals surface area (Å²) in [5.41, 5.74) is 3.72. The number of hydrogen-bond donors (Lipinski definition) is 2. The van der Waals surface area contributed by atoms with Gasteiger partial charge in [-0.3, -0.25) is 9.59 Å². The molecule has 5 rings (SSSR count). The van der Waals surface area contributed by atoms with Crippen LogP contribution in [0.4, 0.5) is 5.69 Å². The minimum Gasteiger partial charge on any atom is -0.457 e. The molecule has 8 nitrogen and oxygen atoms in total. The van der Waals surface area contributed by atoms with Crippen molar-refractivity contribution in [3.8, 4) is 17.6 Å². The summed E-state index contributed by atoms with van der Waals surface area (Å²) in [6, 6.07) is 20.1. The van der Waals surface area contributed by atoms with E-state index in [1.165, 1.54) is 0 Å². The fourth-order valence-corrected chi connectivity index (χ4v) is 4.71. The van der Waals surface area contributed by atoms with E-state index in [9.17, 15) is 9.59 Å². The number of ether oxygens (including phenoxy) is 3. The summed E-state index contributed by atoms with van der Waals surface area (Å²) in [5.74, 6) is -1.17. The molecule has 0 amide bonds. The molecule has 0 saturated carbocycles. The Kier molecular flexibility index (Phi) is 6.99. The van der Waals surface area contributed by atoms with Crippen molar-refractivity contribution in [3.05, 3.63) is 87.9 Å². The van der Waals surface area contributed by atoms with Crippen LogP contribution in [-0.4, -0.2) is 25.0 Å². The predicted molar refractivity (Wildman–Crippen MR) is 136 cm³/mol. The normalized spacial score (nSPS) is 16.4. The molecule has 3 aromatic rings. The fraction of sp³-hybridized carbons (Fsp3) is 0.250. The number of hydrogen-bond acceptors (Lipinski definition) is 8. The lowest BCUT2D eigenvalue weighted by Gasteiger charge is -2.32. The number of fused-ring (bicyclic) bond motifs is 2. The van der Waals surface area contributed by atoms with Crippen molar-refractivity contribution in [1.29, 1.82) is 5.26 Å². The molecular formula is C28H24ClN3O5. The highest BCUT2D eigenvalue weighted by atomic mass is 35.5. The van der Waals surface area contributed by atoms with E-state index in [1.807, 2.05) is 24.3 Å². The maximum atomic E-state index is 12.3. The second-order valence-electron chi connectivity index (χ2n) is 8.81. The number of carbonyl (C=O) groups is 2. The van der Waals surface area contributed by atoms with E-state index in [2.05, 4.69) is 16.7 Å². The maximum absolute atomic E-state index is 12.3. The minimum atomic E-state index is -1.53. The van der Waals surface area contributed by atoms with E-state index in [-0.39, 0.29) is 19.4 Å². The van der Waals surface area contributed by atoms with Crippen molar-refractivity contribution in [3.63, 3.8) is 0 Å². The van der Waals surface area contributed by atoms with Crippen LogP contribution in [0, 0.1) is 11.3 Å². The zero-order valence-electron chi connectivity index (χ0n) is 19.9. The van der Waals surface area contributed by atoms with Gasteiger partial charge in [-0.2, -0.15) is 5.26 Å². The van der Waals surface area contributed by atoms with Crippen molar-refractivity contribution in [2.24, 2.45) is 0 Å². The summed E-state index contributed by atoms with van der Waals surface area (Å²) in [6.07, 6.45) is 0.575. The molecule has 2 heterocycles. The highest BCUT2D eigenvalue weighted by Gasteiger charge is 2.45. The second kappa shape index (κ2) is 10.5. The Morgan fingerprint density at radius 3 is 2.24 bits per heavy atom. The number of nitrogens with zero attached hydrogens (tertiary/aromatic N) is 1. The van der Waals surface area contributed by atoms with Gasteiger partial charge in [-0.15, -0.1) is 0 Å². The number of carbonyl (C=O) groups excluding carboxylic acids is 2. The van der Waals surface area contributed by atoms with Gasteiger partial charge in [0.15, 0.2) is 0 Å². The fourth-order valence-electron chi connectivity index (χ4n) is 4.46. The standard InChI is InChI=1S/C28H24ClN3O5/c29-24-10-9-23-22(13-14-31-17-28(23)36-25(33)11-12-26(34)37-28)27(24)32-16-19-3-7-21(8-4-19)35-20-5-1-18(15-30)2-6-20/h1-10,31-32H,11-14,16-17H2. The number of benzene rings is 3. The van der Waals surface area contributed by atoms with E-state index < -0.39 is 17.7 Å². The van der Waals surface area contributed by atoms with Crippen molar-refractivity contribution in [2.75, 3.05) is 18.4 Å². The van der Waals surface area contributed by atoms with Crippen molar-refractivity contribution in [2.45, 2.75) is 31.6 Å². The molecular weight excluding hydrogens is 494 g/mol. The monoisotopic (exact) mass is 517 g/mol. The van der Waals surface area contributed by atoms with E-state index in [4.69, 9.17) is 31.1 Å². The van der Waals surface area contributed by atoms with E-state index in [0.29, 0.717) is 52.8 Å². The van der Waals surface area contributed by atoms with E-state index in [0.717, 1.165) is 11.1 Å². The average molecular weight is 518 g/mol. The van der Waals surface area contributed by atoms with Crippen LogP contribution in [0.1, 0.15) is 35.1 Å². The smallest absolute Gasteiger partial charge is 0.309 e. The third kappa shape index (κ3) is 5.38. The number of esters is 2. The quantitative estimate of drug-likeness (QED) is 0.465. The van der Waals surface area contributed by atoms with Crippen LogP contribution in [-0.2, 0) is 37.8 Å². The van der Waals surface area contributed by atoms with Gasteiger partial charge in [0.1, 0.15) is 11.5 Å². The zero-order chi connectivity index (χ0) is 25.8. The van der Waals surface area contributed by atoms with Gasteiger partial charge in [0, 0.05) is 12.1 Å². The molecule has 0 aromatic heterocycles. The van der Waals surface area contributed by atoms with Crippen LogP contribution in [0.2, 0.25) is 5.02 Å². The third-order valence-corrected chi connectivity index (χ3v) is 6.60. The van der Waals surface area contributed by atoms with Gasteiger partial charge in [0.25, 0.3) is 5.79 Å². The first-order chi connectivity index (χ1) is 18.0. The predicted octanol–water partition coefficient (Wildman–Crippen LogP) is 4.79. The van der Waals surface area contributed by atoms with Crippen molar-refractivity contribution >= 4 is 29.2 Å². The molecule has 0 unspecified atom stereocenters. The van der Waals surface area contributed by atoms with Gasteiger partial charge in [0.05, 0.1) is 41.7 Å². The number of nitrogens with one attached hydrogen (secondary N) is 2. The first-order valence-corrected chi connectivity index (χ1v) is 12.3. The Morgan fingerprint density at radius 2 is 1.59 bits per heavy atom. The molecule has 0 atom stereocenters. The molecule has 2 aliphatic heterocycles. The van der Waals surface area contributed by atoms with Crippen LogP contribution < -0.4 is 15.4 Å². The van der Waals surface area contributed by atoms with Gasteiger partial charge in [-0.1, -0.05) is 23.7 Å². The molecule has 2 aliphatic rings. The van der Waals surface area contributed by atoms with Crippen LogP contribution in [0.15, 0.2) is 60.7 Å². The molecule has 1 spiro atoms. The lowest BCUT2D eigenvalue weighted by Crippen LogP contribution is -2.43. The lowest BCUT2D eigenvalue weighted by molar-refractivity contribution is -0.225. The topological polar surface area (TPSA) is 110 Å². The maximum Gasteiger partial charge on any atom is 0.309 e. The van der Waals surface area contributed by atoms with E-state index in [1.54, 1.807) is 36.4 Å². The summed E-state index contributed by atoms with van der Waals surface area (Å²) in [6.45, 7) is 1.24. The highest BCUT2D eigenvalue weighted by Crippen LogP contribution is 2.40. The molecule has 0 aliphatic carbocycles. The summed E-state index contributed by atoms with van der Waals surface area (Å²) in [4.78, 5) is 24.6. The van der Waals surface area contributed by atoms with Gasteiger partial charge in [-0.05, 0) is 72.6 Å². The Labute approximate surface area is 219 Å². The summed E-state index contributed by atoms with van der Waals surface area (Å²) >= 11 is 6.60. The van der Waals surface area contributed by atoms with Crippen LogP contribution in [0.5, 0.6) is 11.5 Å². The molecule has 37 heavy (non-hydrogen) atoms. The number of halogens is 1. The van der Waals surface area contributed by atoms with Crippen molar-refractivity contribution < 1.29 is 23.8 Å². The molecule has 0 radical (unpaired) electrons. The van der Waals surface area contributed by atoms with Gasteiger partial charge < -0.3 is 24.8 Å². The second-order valence-corrected chi connectivity index (χ2v) is 9.22. The van der Waals surface area contributed by atoms with Gasteiger partial charge in [-0.25, -0.2) is 0 Å². The first-order valence-electron chi connectivity index (χ1n) is 11.9. The summed E-state index contributed by atoms with van der Waals surface area (Å²) in [5, 5.41) is 16.1. The van der Waals surface area contributed by atoms with Crippen LogP contribution in [0.25, 0.3) is 0 Å². The molecule has 2 N–H and O–H groups in total. The van der Waals surface area contributed by atoms with Gasteiger partial charge >= 0.3 is 11.9 Å². The molecule has 1 saturated heterocycles. The average Bonchev–Trinajstić information content (AvgIpc) is 3.16. The Bertz CT molecular complexity index is 1350. The molecule has 9 heteroatoms.